The third-order valence-corrected chi connectivity index (χ3v) is 4.98. The van der Waals surface area contributed by atoms with Gasteiger partial charge in [0.15, 0.2) is 0 Å². The van der Waals surface area contributed by atoms with Crippen molar-refractivity contribution >= 4 is 29.6 Å². The van der Waals surface area contributed by atoms with Crippen molar-refractivity contribution in [3.63, 3.8) is 0 Å². The van der Waals surface area contributed by atoms with Crippen LogP contribution in [0.1, 0.15) is 24.1 Å². The Balaban J connectivity index is 1.99. The van der Waals surface area contributed by atoms with Crippen LogP contribution in [0.4, 0.5) is 0 Å². The van der Waals surface area contributed by atoms with Gasteiger partial charge in [0.2, 0.25) is 23.6 Å². The zero-order valence-corrected chi connectivity index (χ0v) is 18.9. The van der Waals surface area contributed by atoms with Crippen molar-refractivity contribution in [2.75, 3.05) is 6.54 Å². The monoisotopic (exact) mass is 487 g/mol. The first-order valence-corrected chi connectivity index (χ1v) is 10.8. The van der Waals surface area contributed by atoms with Crippen molar-refractivity contribution < 1.29 is 29.1 Å². The zero-order chi connectivity index (χ0) is 25.8. The number of amides is 4. The smallest absolute Gasteiger partial charge is 0.326 e. The average Bonchev–Trinajstić information content (AvgIpc) is 3.33. The van der Waals surface area contributed by atoms with E-state index < -0.39 is 54.3 Å². The molecule has 1 aromatic carbocycles. The number of primary amides is 1. The maximum absolute atomic E-state index is 12.8. The van der Waals surface area contributed by atoms with Gasteiger partial charge in [-0.25, -0.2) is 9.78 Å². The van der Waals surface area contributed by atoms with E-state index >= 15 is 0 Å². The van der Waals surface area contributed by atoms with E-state index in [-0.39, 0.29) is 25.7 Å². The summed E-state index contributed by atoms with van der Waals surface area (Å²) < 4.78 is 0. The van der Waals surface area contributed by atoms with Gasteiger partial charge in [-0.15, -0.1) is 0 Å². The van der Waals surface area contributed by atoms with Gasteiger partial charge in [0.05, 0.1) is 18.9 Å². The Hall–Kier alpha value is -4.26. The molecule has 13 heteroatoms. The van der Waals surface area contributed by atoms with E-state index in [9.17, 15) is 29.1 Å². The lowest BCUT2D eigenvalue weighted by Crippen LogP contribution is -2.54. The molecule has 1 aromatic heterocycles. The SMILES string of the molecule is NC(=O)CCC(NC(=O)C(Cc1ccccc1)NC(=O)CNC(=O)C(N)Cc1cnc[nH]1)C(=O)O. The maximum atomic E-state index is 12.8. The number of hydrogen-bond donors (Lipinski definition) is 7. The molecule has 0 spiro atoms. The highest BCUT2D eigenvalue weighted by atomic mass is 16.4. The van der Waals surface area contributed by atoms with Gasteiger partial charge >= 0.3 is 5.97 Å². The second-order valence-electron chi connectivity index (χ2n) is 7.82. The molecule has 0 saturated heterocycles. The van der Waals surface area contributed by atoms with E-state index in [1.165, 1.54) is 12.5 Å². The third-order valence-electron chi connectivity index (χ3n) is 4.98. The van der Waals surface area contributed by atoms with Crippen molar-refractivity contribution in [1.29, 1.82) is 0 Å². The minimum Gasteiger partial charge on any atom is -0.480 e. The number of nitrogens with two attached hydrogens (primary N) is 2. The number of H-pyrrole nitrogens is 1. The Morgan fingerprint density at radius 1 is 1.00 bits per heavy atom. The molecule has 188 valence electrons. The van der Waals surface area contributed by atoms with Gasteiger partial charge in [0, 0.05) is 31.2 Å². The van der Waals surface area contributed by atoms with Crippen LogP contribution in [0.5, 0.6) is 0 Å². The molecule has 1 heterocycles. The highest BCUT2D eigenvalue weighted by Gasteiger charge is 2.27. The van der Waals surface area contributed by atoms with E-state index in [0.717, 1.165) is 0 Å². The number of rotatable bonds is 14. The molecule has 3 atom stereocenters. The van der Waals surface area contributed by atoms with Crippen molar-refractivity contribution in [2.24, 2.45) is 11.5 Å². The molecule has 9 N–H and O–H groups in total. The number of carbonyl (C=O) groups is 5. The van der Waals surface area contributed by atoms with Crippen LogP contribution in [-0.2, 0) is 36.8 Å². The van der Waals surface area contributed by atoms with E-state index in [1.807, 2.05) is 0 Å². The summed E-state index contributed by atoms with van der Waals surface area (Å²) in [6, 6.07) is 5.33. The predicted molar refractivity (Wildman–Crippen MR) is 123 cm³/mol. The number of hydrogen-bond acceptors (Lipinski definition) is 7. The number of imidazole rings is 1. The molecule has 0 saturated carbocycles. The first-order chi connectivity index (χ1) is 16.7. The third kappa shape index (κ3) is 9.63. The van der Waals surface area contributed by atoms with Crippen LogP contribution in [0.15, 0.2) is 42.9 Å². The Bertz CT molecular complexity index is 1010. The van der Waals surface area contributed by atoms with Crippen molar-refractivity contribution in [3.8, 4) is 0 Å². The molecule has 0 aliphatic carbocycles. The summed E-state index contributed by atoms with van der Waals surface area (Å²) in [5.74, 6) is -4.06. The number of aliphatic carboxylic acids is 1. The van der Waals surface area contributed by atoms with Crippen LogP contribution in [0.3, 0.4) is 0 Å². The van der Waals surface area contributed by atoms with Crippen molar-refractivity contribution in [2.45, 2.75) is 43.8 Å². The van der Waals surface area contributed by atoms with Crippen LogP contribution < -0.4 is 27.4 Å². The molecule has 0 radical (unpaired) electrons. The number of aromatic amines is 1. The van der Waals surface area contributed by atoms with Crippen LogP contribution in [0, 0.1) is 0 Å². The summed E-state index contributed by atoms with van der Waals surface area (Å²) in [6.45, 7) is -0.446. The van der Waals surface area contributed by atoms with Gasteiger partial charge in [0.1, 0.15) is 12.1 Å². The zero-order valence-electron chi connectivity index (χ0n) is 18.9. The largest absolute Gasteiger partial charge is 0.480 e. The number of benzene rings is 1. The lowest BCUT2D eigenvalue weighted by molar-refractivity contribution is -0.142. The van der Waals surface area contributed by atoms with Crippen molar-refractivity contribution in [1.82, 2.24) is 25.9 Å². The molecule has 2 rings (SSSR count). The fraction of sp³-hybridized carbons (Fsp3) is 0.364. The molecule has 3 unspecified atom stereocenters. The van der Waals surface area contributed by atoms with Gasteiger partial charge in [0.25, 0.3) is 0 Å². The van der Waals surface area contributed by atoms with Gasteiger partial charge in [-0.2, -0.15) is 0 Å². The first kappa shape index (κ1) is 27.0. The number of carboxylic acids is 1. The number of carboxylic acid groups (broad SMARTS) is 1. The molecule has 35 heavy (non-hydrogen) atoms. The van der Waals surface area contributed by atoms with Gasteiger partial charge in [-0.05, 0) is 12.0 Å². The molecular weight excluding hydrogens is 458 g/mol. The summed E-state index contributed by atoms with van der Waals surface area (Å²) in [4.78, 5) is 66.7. The molecule has 0 fully saturated rings. The number of nitrogens with one attached hydrogen (secondary N) is 4. The molecule has 0 aliphatic rings. The summed E-state index contributed by atoms with van der Waals surface area (Å²) in [5.41, 5.74) is 12.3. The Labute approximate surface area is 201 Å². The fourth-order valence-electron chi connectivity index (χ4n) is 3.15. The number of aromatic nitrogens is 2. The molecular formula is C22H29N7O6. The first-order valence-electron chi connectivity index (χ1n) is 10.8. The predicted octanol–water partition coefficient (Wildman–Crippen LogP) is -2.04. The van der Waals surface area contributed by atoms with E-state index in [2.05, 4.69) is 25.9 Å². The lowest BCUT2D eigenvalue weighted by Gasteiger charge is -2.22. The van der Waals surface area contributed by atoms with Gasteiger partial charge in [-0.1, -0.05) is 30.3 Å². The van der Waals surface area contributed by atoms with Gasteiger partial charge < -0.3 is 37.5 Å². The molecule has 0 bridgehead atoms. The topological polar surface area (TPSA) is 222 Å². The Kier molecular flexibility index (Phi) is 10.4. The average molecular weight is 488 g/mol. The number of nitrogens with zero attached hydrogens (tertiary/aromatic N) is 1. The highest BCUT2D eigenvalue weighted by Crippen LogP contribution is 2.06. The van der Waals surface area contributed by atoms with Crippen LogP contribution in [0.25, 0.3) is 0 Å². The summed E-state index contributed by atoms with van der Waals surface area (Å²) in [6.07, 6.45) is 2.79. The minimum atomic E-state index is -1.37. The normalized spacial score (nSPS) is 13.2. The Morgan fingerprint density at radius 2 is 1.71 bits per heavy atom. The van der Waals surface area contributed by atoms with Gasteiger partial charge in [-0.3, -0.25) is 19.2 Å². The summed E-state index contributed by atoms with van der Waals surface area (Å²) in [7, 11) is 0. The highest BCUT2D eigenvalue weighted by molar-refractivity contribution is 5.92. The minimum absolute atomic E-state index is 0.0633. The van der Waals surface area contributed by atoms with E-state index in [4.69, 9.17) is 11.5 Å². The van der Waals surface area contributed by atoms with Crippen molar-refractivity contribution in [3.05, 3.63) is 54.1 Å². The van der Waals surface area contributed by atoms with Crippen LogP contribution in [-0.4, -0.2) is 69.3 Å². The molecule has 13 nitrogen and oxygen atoms in total. The fourth-order valence-corrected chi connectivity index (χ4v) is 3.15. The molecule has 0 aliphatic heterocycles. The molecule has 4 amide bonds. The quantitative estimate of drug-likeness (QED) is 0.157. The lowest BCUT2D eigenvalue weighted by atomic mass is 10.0. The second kappa shape index (κ2) is 13.4. The van der Waals surface area contributed by atoms with E-state index in [1.54, 1.807) is 30.3 Å². The number of carbonyl (C=O) groups excluding carboxylic acids is 4. The second-order valence-corrected chi connectivity index (χ2v) is 7.82. The summed E-state index contributed by atoms with van der Waals surface area (Å²) in [5, 5.41) is 16.6. The van der Waals surface area contributed by atoms with Crippen LogP contribution >= 0.6 is 0 Å². The summed E-state index contributed by atoms with van der Waals surface area (Å²) >= 11 is 0. The van der Waals surface area contributed by atoms with E-state index in [0.29, 0.717) is 11.3 Å². The Morgan fingerprint density at radius 3 is 2.31 bits per heavy atom. The maximum Gasteiger partial charge on any atom is 0.326 e. The molecule has 2 aromatic rings. The van der Waals surface area contributed by atoms with Crippen LogP contribution in [0.2, 0.25) is 0 Å². The standard InChI is InChI=1S/C22H29N7O6/c23-15(9-14-10-25-12-27-14)20(32)26-11-19(31)28-17(8-13-4-2-1-3-5-13)21(33)29-16(22(34)35)6-7-18(24)30/h1-5,10,12,15-17H,6-9,11,23H2,(H2,24,30)(H,25,27)(H,26,32)(H,28,31)(H,29,33)(H,34,35).